The van der Waals surface area contributed by atoms with E-state index in [0.29, 0.717) is 5.16 Å². The lowest BCUT2D eigenvalue weighted by Gasteiger charge is -2.06. The van der Waals surface area contributed by atoms with Crippen LogP contribution in [0.5, 0.6) is 0 Å². The number of nitrogens with zero attached hydrogens (tertiary/aromatic N) is 3. The molecule has 7 nitrogen and oxygen atoms in total. The lowest BCUT2D eigenvalue weighted by Crippen LogP contribution is -2.16. The summed E-state index contributed by atoms with van der Waals surface area (Å²) in [7, 11) is 0. The Morgan fingerprint density at radius 1 is 1.29 bits per heavy atom. The van der Waals surface area contributed by atoms with E-state index in [9.17, 15) is 9.59 Å². The zero-order valence-corrected chi connectivity index (χ0v) is 12.3. The molecule has 2 aromatic rings. The van der Waals surface area contributed by atoms with Gasteiger partial charge >= 0.3 is 5.97 Å². The van der Waals surface area contributed by atoms with Gasteiger partial charge in [-0.3, -0.25) is 4.79 Å². The highest BCUT2D eigenvalue weighted by atomic mass is 35.5. The molecule has 0 aliphatic carbocycles. The molecule has 0 saturated carbocycles. The number of pyridine rings is 1. The van der Waals surface area contributed by atoms with Gasteiger partial charge in [0.25, 0.3) is 5.91 Å². The monoisotopic (exact) mass is 324 g/mol. The summed E-state index contributed by atoms with van der Waals surface area (Å²) in [5.74, 6) is -1.44. The molecule has 0 bridgehead atoms. The van der Waals surface area contributed by atoms with E-state index in [1.165, 1.54) is 30.1 Å². The van der Waals surface area contributed by atoms with Crippen molar-refractivity contribution in [3.63, 3.8) is 0 Å². The highest BCUT2D eigenvalue weighted by Crippen LogP contribution is 2.17. The Kier molecular flexibility index (Phi) is 4.71. The summed E-state index contributed by atoms with van der Waals surface area (Å²) < 4.78 is 0. The minimum absolute atomic E-state index is 0.0257. The van der Waals surface area contributed by atoms with Crippen molar-refractivity contribution in [2.75, 3.05) is 11.6 Å². The number of carboxylic acid groups (broad SMARTS) is 1. The number of rotatable bonds is 4. The zero-order valence-electron chi connectivity index (χ0n) is 10.7. The van der Waals surface area contributed by atoms with Gasteiger partial charge in [-0.1, -0.05) is 23.4 Å². The van der Waals surface area contributed by atoms with Crippen LogP contribution < -0.4 is 5.32 Å². The molecule has 1 amide bonds. The number of aromatic carboxylic acids is 1. The van der Waals surface area contributed by atoms with E-state index < -0.39 is 11.9 Å². The fourth-order valence-electron chi connectivity index (χ4n) is 1.38. The smallest absolute Gasteiger partial charge is 0.337 e. The minimum atomic E-state index is -1.09. The van der Waals surface area contributed by atoms with Crippen molar-refractivity contribution in [3.05, 3.63) is 40.8 Å². The maximum atomic E-state index is 12.1. The Labute approximate surface area is 128 Å². The van der Waals surface area contributed by atoms with E-state index in [2.05, 4.69) is 20.3 Å². The first-order valence-corrected chi connectivity index (χ1v) is 7.18. The van der Waals surface area contributed by atoms with E-state index in [-0.39, 0.29) is 22.1 Å². The molecule has 2 heterocycles. The molecule has 0 aliphatic heterocycles. The summed E-state index contributed by atoms with van der Waals surface area (Å²) in [5, 5.41) is 11.8. The second kappa shape index (κ2) is 6.51. The molecule has 21 heavy (non-hydrogen) atoms. The van der Waals surface area contributed by atoms with Crippen LogP contribution in [0.25, 0.3) is 0 Å². The summed E-state index contributed by atoms with van der Waals surface area (Å²) in [6.45, 7) is 0. The van der Waals surface area contributed by atoms with Gasteiger partial charge in [0, 0.05) is 6.20 Å². The number of halogens is 1. The van der Waals surface area contributed by atoms with E-state index in [0.717, 1.165) is 6.20 Å². The lowest BCUT2D eigenvalue weighted by atomic mass is 10.3. The number of hydrogen-bond donors (Lipinski definition) is 2. The third kappa shape index (κ3) is 3.67. The SMILES string of the molecule is CSc1ncc(Cl)c(C(=O)Nc2ccc(C(=O)O)cn2)n1. The van der Waals surface area contributed by atoms with E-state index >= 15 is 0 Å². The summed E-state index contributed by atoms with van der Waals surface area (Å²) in [5.41, 5.74) is 0.0536. The average molecular weight is 325 g/mol. The summed E-state index contributed by atoms with van der Waals surface area (Å²) in [6.07, 6.45) is 4.26. The van der Waals surface area contributed by atoms with Crippen molar-refractivity contribution < 1.29 is 14.7 Å². The number of nitrogens with one attached hydrogen (secondary N) is 1. The number of carbonyl (C=O) groups excluding carboxylic acids is 1. The van der Waals surface area contributed by atoms with Gasteiger partial charge in [-0.2, -0.15) is 0 Å². The molecule has 0 radical (unpaired) electrons. The number of carboxylic acids is 1. The molecule has 0 saturated heterocycles. The van der Waals surface area contributed by atoms with E-state index in [4.69, 9.17) is 16.7 Å². The average Bonchev–Trinajstić information content (AvgIpc) is 2.48. The van der Waals surface area contributed by atoms with Crippen LogP contribution in [0.15, 0.2) is 29.7 Å². The van der Waals surface area contributed by atoms with Gasteiger partial charge in [-0.25, -0.2) is 19.7 Å². The molecule has 0 fully saturated rings. The number of anilines is 1. The first kappa shape index (κ1) is 15.2. The molecule has 0 unspecified atom stereocenters. The first-order chi connectivity index (χ1) is 10.0. The Morgan fingerprint density at radius 2 is 2.05 bits per heavy atom. The standard InChI is InChI=1S/C12H9ClN4O3S/c1-21-12-15-5-7(13)9(17-12)10(18)16-8-3-2-6(4-14-8)11(19)20/h2-5H,1H3,(H,19,20)(H,14,16,18). The summed E-state index contributed by atoms with van der Waals surface area (Å²) in [6, 6.07) is 2.71. The van der Waals surface area contributed by atoms with Crippen molar-refractivity contribution >= 4 is 41.1 Å². The first-order valence-electron chi connectivity index (χ1n) is 5.58. The largest absolute Gasteiger partial charge is 0.478 e. The number of aromatic nitrogens is 3. The highest BCUT2D eigenvalue weighted by molar-refractivity contribution is 7.98. The van der Waals surface area contributed by atoms with Gasteiger partial charge in [-0.15, -0.1) is 0 Å². The fraction of sp³-hybridized carbons (Fsp3) is 0.0833. The predicted molar refractivity (Wildman–Crippen MR) is 78.0 cm³/mol. The molecule has 0 aliphatic rings. The molecular weight excluding hydrogens is 316 g/mol. The van der Waals surface area contributed by atoms with Gasteiger partial charge in [0.05, 0.1) is 16.8 Å². The number of thioether (sulfide) groups is 1. The Morgan fingerprint density at radius 3 is 2.62 bits per heavy atom. The molecule has 2 rings (SSSR count). The van der Waals surface area contributed by atoms with Crippen molar-refractivity contribution in [2.24, 2.45) is 0 Å². The normalized spacial score (nSPS) is 10.2. The third-order valence-electron chi connectivity index (χ3n) is 2.37. The number of amides is 1. The Bertz CT molecular complexity index is 693. The van der Waals surface area contributed by atoms with Gasteiger partial charge in [-0.05, 0) is 18.4 Å². The second-order valence-electron chi connectivity index (χ2n) is 3.74. The van der Waals surface area contributed by atoms with Gasteiger partial charge < -0.3 is 10.4 Å². The van der Waals surface area contributed by atoms with Gasteiger partial charge in [0.2, 0.25) is 0 Å². The van der Waals surface area contributed by atoms with Crippen molar-refractivity contribution in [3.8, 4) is 0 Å². The maximum Gasteiger partial charge on any atom is 0.337 e. The Balaban J connectivity index is 2.19. The summed E-state index contributed by atoms with van der Waals surface area (Å²) in [4.78, 5) is 34.6. The van der Waals surface area contributed by atoms with Gasteiger partial charge in [0.1, 0.15) is 5.82 Å². The van der Waals surface area contributed by atoms with Crippen LogP contribution >= 0.6 is 23.4 Å². The highest BCUT2D eigenvalue weighted by Gasteiger charge is 2.15. The molecule has 0 aromatic carbocycles. The topological polar surface area (TPSA) is 105 Å². The van der Waals surface area contributed by atoms with Crippen molar-refractivity contribution in [1.82, 2.24) is 15.0 Å². The molecule has 108 valence electrons. The van der Waals surface area contributed by atoms with Crippen LogP contribution in [0.3, 0.4) is 0 Å². The van der Waals surface area contributed by atoms with Crippen LogP contribution in [0, 0.1) is 0 Å². The number of carbonyl (C=O) groups is 2. The summed E-state index contributed by atoms with van der Waals surface area (Å²) >= 11 is 7.17. The lowest BCUT2D eigenvalue weighted by molar-refractivity contribution is 0.0696. The van der Waals surface area contributed by atoms with Crippen LogP contribution in [0.2, 0.25) is 5.02 Å². The molecule has 9 heteroatoms. The third-order valence-corrected chi connectivity index (χ3v) is 3.21. The molecule has 2 aromatic heterocycles. The van der Waals surface area contributed by atoms with Crippen LogP contribution in [-0.2, 0) is 0 Å². The van der Waals surface area contributed by atoms with Crippen LogP contribution in [0.4, 0.5) is 5.82 Å². The molecule has 2 N–H and O–H groups in total. The maximum absolute atomic E-state index is 12.1. The zero-order chi connectivity index (χ0) is 15.4. The molecule has 0 atom stereocenters. The van der Waals surface area contributed by atoms with Crippen LogP contribution in [-0.4, -0.2) is 38.2 Å². The van der Waals surface area contributed by atoms with Crippen molar-refractivity contribution in [2.45, 2.75) is 5.16 Å². The second-order valence-corrected chi connectivity index (χ2v) is 4.93. The molecule has 0 spiro atoms. The Hall–Kier alpha value is -2.19. The van der Waals surface area contributed by atoms with E-state index in [1.54, 1.807) is 6.26 Å². The minimum Gasteiger partial charge on any atom is -0.478 e. The van der Waals surface area contributed by atoms with E-state index in [1.807, 2.05) is 0 Å². The quantitative estimate of drug-likeness (QED) is 0.656. The number of hydrogen-bond acceptors (Lipinski definition) is 6. The predicted octanol–water partition coefficient (Wildman–Crippen LogP) is 2.20. The van der Waals surface area contributed by atoms with Gasteiger partial charge in [0.15, 0.2) is 10.9 Å². The molecular formula is C12H9ClN4O3S. The fourth-order valence-corrected chi connectivity index (χ4v) is 1.90. The van der Waals surface area contributed by atoms with Crippen molar-refractivity contribution in [1.29, 1.82) is 0 Å². The van der Waals surface area contributed by atoms with Crippen LogP contribution in [0.1, 0.15) is 20.8 Å².